The van der Waals surface area contributed by atoms with Crippen molar-refractivity contribution in [3.63, 3.8) is 0 Å². The highest BCUT2D eigenvalue weighted by Crippen LogP contribution is 2.27. The molecule has 1 fully saturated rings. The lowest BCUT2D eigenvalue weighted by molar-refractivity contribution is 0.206. The van der Waals surface area contributed by atoms with Gasteiger partial charge in [-0.3, -0.25) is 9.47 Å². The van der Waals surface area contributed by atoms with Gasteiger partial charge in [0.2, 0.25) is 0 Å². The fourth-order valence-electron chi connectivity index (χ4n) is 3.31. The highest BCUT2D eigenvalue weighted by Gasteiger charge is 2.20. The maximum absolute atomic E-state index is 12.2. The van der Waals surface area contributed by atoms with Crippen LogP contribution in [0.2, 0.25) is 0 Å². The van der Waals surface area contributed by atoms with Gasteiger partial charge in [0.05, 0.1) is 23.4 Å². The standard InChI is InChI=1S/C18H20N4O2/c23-17-8-4-3-7-16(17)21-11-9-20(10-12-21)13-22-15-6-2-1-5-14(15)19-18(22)24/h1-8,23H,9-13H2,(H,19,24). The molecule has 1 aromatic heterocycles. The summed E-state index contributed by atoms with van der Waals surface area (Å²) in [6, 6.07) is 15.2. The van der Waals surface area contributed by atoms with Gasteiger partial charge in [0.15, 0.2) is 0 Å². The molecule has 24 heavy (non-hydrogen) atoms. The van der Waals surface area contributed by atoms with Gasteiger partial charge in [-0.1, -0.05) is 24.3 Å². The smallest absolute Gasteiger partial charge is 0.327 e. The van der Waals surface area contributed by atoms with E-state index in [0.717, 1.165) is 42.9 Å². The number of piperazine rings is 1. The van der Waals surface area contributed by atoms with E-state index in [1.807, 2.05) is 42.5 Å². The second kappa shape index (κ2) is 6.05. The Labute approximate surface area is 139 Å². The van der Waals surface area contributed by atoms with E-state index >= 15 is 0 Å². The minimum atomic E-state index is -0.0701. The number of aromatic hydroxyl groups is 1. The van der Waals surface area contributed by atoms with Crippen molar-refractivity contribution in [3.05, 3.63) is 59.0 Å². The van der Waals surface area contributed by atoms with Crippen LogP contribution in [0.25, 0.3) is 11.0 Å². The molecule has 0 spiro atoms. The molecular weight excluding hydrogens is 304 g/mol. The van der Waals surface area contributed by atoms with Crippen LogP contribution >= 0.6 is 0 Å². The van der Waals surface area contributed by atoms with Gasteiger partial charge >= 0.3 is 5.69 Å². The van der Waals surface area contributed by atoms with E-state index in [-0.39, 0.29) is 5.69 Å². The molecule has 0 atom stereocenters. The van der Waals surface area contributed by atoms with Crippen molar-refractivity contribution in [2.24, 2.45) is 0 Å². The number of hydrogen-bond donors (Lipinski definition) is 2. The predicted molar refractivity (Wildman–Crippen MR) is 94.5 cm³/mol. The molecule has 1 aliphatic rings. The van der Waals surface area contributed by atoms with Gasteiger partial charge in [0.25, 0.3) is 0 Å². The number of nitrogens with one attached hydrogen (secondary N) is 1. The van der Waals surface area contributed by atoms with E-state index in [1.54, 1.807) is 10.6 Å². The molecule has 4 rings (SSSR count). The van der Waals surface area contributed by atoms with Crippen LogP contribution in [0.1, 0.15) is 0 Å². The number of phenols is 1. The van der Waals surface area contributed by atoms with Crippen molar-refractivity contribution in [2.75, 3.05) is 31.1 Å². The van der Waals surface area contributed by atoms with Crippen LogP contribution < -0.4 is 10.6 Å². The maximum atomic E-state index is 12.2. The van der Waals surface area contributed by atoms with Crippen molar-refractivity contribution in [1.29, 1.82) is 0 Å². The summed E-state index contributed by atoms with van der Waals surface area (Å²) in [7, 11) is 0. The van der Waals surface area contributed by atoms with Crippen molar-refractivity contribution in [1.82, 2.24) is 14.5 Å². The molecule has 0 radical (unpaired) electrons. The molecule has 0 saturated carbocycles. The lowest BCUT2D eigenvalue weighted by atomic mass is 10.2. The number of H-pyrrole nitrogens is 1. The van der Waals surface area contributed by atoms with Gasteiger partial charge in [0.1, 0.15) is 5.75 Å². The van der Waals surface area contributed by atoms with Crippen LogP contribution in [0.15, 0.2) is 53.3 Å². The molecule has 2 N–H and O–H groups in total. The lowest BCUT2D eigenvalue weighted by Gasteiger charge is -2.36. The molecule has 1 saturated heterocycles. The van der Waals surface area contributed by atoms with E-state index in [1.165, 1.54) is 0 Å². The molecule has 0 bridgehead atoms. The first-order valence-corrected chi connectivity index (χ1v) is 8.15. The summed E-state index contributed by atoms with van der Waals surface area (Å²) in [5.74, 6) is 0.318. The van der Waals surface area contributed by atoms with E-state index in [4.69, 9.17) is 0 Å². The van der Waals surface area contributed by atoms with Gasteiger partial charge in [0, 0.05) is 26.2 Å². The Bertz CT molecular complexity index is 907. The summed E-state index contributed by atoms with van der Waals surface area (Å²) >= 11 is 0. The normalized spacial score (nSPS) is 15.9. The van der Waals surface area contributed by atoms with Crippen LogP contribution in [0.5, 0.6) is 5.75 Å². The van der Waals surface area contributed by atoms with Crippen molar-refractivity contribution >= 4 is 16.7 Å². The first-order valence-electron chi connectivity index (χ1n) is 8.15. The highest BCUT2D eigenvalue weighted by atomic mass is 16.3. The molecule has 1 aliphatic heterocycles. The van der Waals surface area contributed by atoms with E-state index in [2.05, 4.69) is 14.8 Å². The molecule has 0 aliphatic carbocycles. The molecule has 0 unspecified atom stereocenters. The third kappa shape index (κ3) is 2.65. The fraction of sp³-hybridized carbons (Fsp3) is 0.278. The Kier molecular flexibility index (Phi) is 3.74. The predicted octanol–water partition coefficient (Wildman–Crippen LogP) is 1.81. The second-order valence-electron chi connectivity index (χ2n) is 6.11. The lowest BCUT2D eigenvalue weighted by Crippen LogP contribution is -2.47. The number of nitrogens with zero attached hydrogens (tertiary/aromatic N) is 3. The monoisotopic (exact) mass is 324 g/mol. The van der Waals surface area contributed by atoms with Crippen molar-refractivity contribution in [3.8, 4) is 5.75 Å². The first kappa shape index (κ1) is 14.8. The molecule has 0 amide bonds. The molecule has 3 aromatic rings. The fourth-order valence-corrected chi connectivity index (χ4v) is 3.31. The van der Waals surface area contributed by atoms with Gasteiger partial charge in [-0.15, -0.1) is 0 Å². The Hall–Kier alpha value is -2.73. The summed E-state index contributed by atoms with van der Waals surface area (Å²) in [5.41, 5.74) is 2.61. The van der Waals surface area contributed by atoms with Crippen LogP contribution in [-0.4, -0.2) is 45.7 Å². The zero-order valence-electron chi connectivity index (χ0n) is 13.4. The number of aromatic amines is 1. The number of fused-ring (bicyclic) bond motifs is 1. The molecule has 124 valence electrons. The number of imidazole rings is 1. The quantitative estimate of drug-likeness (QED) is 0.771. The molecule has 2 aromatic carbocycles. The molecule has 6 heteroatoms. The number of para-hydroxylation sites is 4. The Morgan fingerprint density at radius 2 is 1.67 bits per heavy atom. The summed E-state index contributed by atoms with van der Waals surface area (Å²) in [4.78, 5) is 19.5. The van der Waals surface area contributed by atoms with Crippen LogP contribution in [0.4, 0.5) is 5.69 Å². The van der Waals surface area contributed by atoms with E-state index in [9.17, 15) is 9.90 Å². The molecule has 2 heterocycles. The van der Waals surface area contributed by atoms with Gasteiger partial charge in [-0.2, -0.15) is 0 Å². The van der Waals surface area contributed by atoms with Crippen molar-refractivity contribution < 1.29 is 5.11 Å². The number of phenolic OH excluding ortho intramolecular Hbond substituents is 1. The average Bonchev–Trinajstić information content (AvgIpc) is 2.92. The number of rotatable bonds is 3. The van der Waals surface area contributed by atoms with E-state index in [0.29, 0.717) is 12.4 Å². The zero-order valence-corrected chi connectivity index (χ0v) is 13.4. The Morgan fingerprint density at radius 3 is 2.46 bits per heavy atom. The summed E-state index contributed by atoms with van der Waals surface area (Å²) in [6.07, 6.45) is 0. The Balaban J connectivity index is 1.48. The number of benzene rings is 2. The summed E-state index contributed by atoms with van der Waals surface area (Å²) in [6.45, 7) is 3.93. The summed E-state index contributed by atoms with van der Waals surface area (Å²) < 4.78 is 1.78. The molecular formula is C18H20N4O2. The van der Waals surface area contributed by atoms with Crippen molar-refractivity contribution in [2.45, 2.75) is 6.67 Å². The SMILES string of the molecule is O=c1[nH]c2ccccc2n1CN1CCN(c2ccccc2O)CC1. The largest absolute Gasteiger partial charge is 0.506 e. The topological polar surface area (TPSA) is 64.5 Å². The third-order valence-corrected chi connectivity index (χ3v) is 4.62. The summed E-state index contributed by atoms with van der Waals surface area (Å²) in [5, 5.41) is 9.99. The highest BCUT2D eigenvalue weighted by molar-refractivity contribution is 5.74. The number of anilines is 1. The second-order valence-corrected chi connectivity index (χ2v) is 6.11. The molecule has 6 nitrogen and oxygen atoms in total. The average molecular weight is 324 g/mol. The maximum Gasteiger partial charge on any atom is 0.327 e. The van der Waals surface area contributed by atoms with Crippen LogP contribution in [0, 0.1) is 0 Å². The number of aromatic nitrogens is 2. The van der Waals surface area contributed by atoms with Gasteiger partial charge in [-0.25, -0.2) is 4.79 Å². The van der Waals surface area contributed by atoms with Gasteiger partial charge in [-0.05, 0) is 24.3 Å². The van der Waals surface area contributed by atoms with Crippen LogP contribution in [0.3, 0.4) is 0 Å². The minimum Gasteiger partial charge on any atom is -0.506 e. The third-order valence-electron chi connectivity index (χ3n) is 4.62. The number of hydrogen-bond acceptors (Lipinski definition) is 4. The first-order chi connectivity index (χ1) is 11.7. The Morgan fingerprint density at radius 1 is 0.958 bits per heavy atom. The van der Waals surface area contributed by atoms with E-state index < -0.39 is 0 Å². The van der Waals surface area contributed by atoms with Crippen LogP contribution in [-0.2, 0) is 6.67 Å². The minimum absolute atomic E-state index is 0.0701. The zero-order chi connectivity index (χ0) is 16.5. The van der Waals surface area contributed by atoms with Gasteiger partial charge < -0.3 is 15.0 Å².